The molecule has 2 heterocycles. The first-order valence-electron chi connectivity index (χ1n) is 20.6. The maximum absolute atomic E-state index is 13.9. The van der Waals surface area contributed by atoms with E-state index in [4.69, 9.17) is 4.42 Å². The minimum absolute atomic E-state index is 0.0277. The van der Waals surface area contributed by atoms with Crippen LogP contribution in [0.25, 0.3) is 22.8 Å². The number of carbonyl (C=O) groups is 6. The third kappa shape index (κ3) is 9.70. The molecule has 0 spiro atoms. The molecule has 3 fully saturated rings. The highest BCUT2D eigenvalue weighted by atomic mass is 16.4. The van der Waals surface area contributed by atoms with Crippen molar-refractivity contribution in [3.63, 3.8) is 0 Å². The zero-order valence-corrected chi connectivity index (χ0v) is 33.8. The minimum Gasteiger partial charge on any atom is -0.436 e. The van der Waals surface area contributed by atoms with Crippen molar-refractivity contribution in [3.05, 3.63) is 127 Å². The van der Waals surface area contributed by atoms with Crippen LogP contribution in [0.15, 0.2) is 120 Å². The summed E-state index contributed by atoms with van der Waals surface area (Å²) in [6, 6.07) is 28.8. The number of nitrogens with zero attached hydrogens (tertiary/aromatic N) is 2. The van der Waals surface area contributed by atoms with Gasteiger partial charge in [0.15, 0.2) is 5.76 Å². The second-order valence-electron chi connectivity index (χ2n) is 16.1. The number of aromatic nitrogens is 1. The summed E-state index contributed by atoms with van der Waals surface area (Å²) in [6.07, 6.45) is 5.48. The average Bonchev–Trinajstić information content (AvgIpc) is 4.15. The van der Waals surface area contributed by atoms with Crippen molar-refractivity contribution in [1.29, 1.82) is 0 Å². The lowest BCUT2D eigenvalue weighted by atomic mass is 10.0. The minimum atomic E-state index is -0.937. The number of hydrogen-bond acceptors (Lipinski definition) is 8. The molecule has 61 heavy (non-hydrogen) atoms. The topological polar surface area (TPSA) is 192 Å². The average molecular weight is 822 g/mol. The monoisotopic (exact) mass is 821 g/mol. The van der Waals surface area contributed by atoms with E-state index in [1.807, 2.05) is 24.3 Å². The number of carbonyl (C=O) groups excluding carboxylic acids is 6. The molecule has 0 unspecified atom stereocenters. The van der Waals surface area contributed by atoms with E-state index in [0.717, 1.165) is 24.8 Å². The smallest absolute Gasteiger partial charge is 0.250 e. The number of likely N-dealkylation sites (tertiary alicyclic amines) is 1. The Kier molecular flexibility index (Phi) is 11.8. The number of hydrogen-bond donors (Lipinski definition) is 5. The van der Waals surface area contributed by atoms with Crippen molar-refractivity contribution in [2.75, 3.05) is 10.6 Å². The molecule has 2 saturated carbocycles. The SMILES string of the molecule is CC(=O)N[C@@H](C(=O)N[C@@H](CC1CC1)C(=O)Nc1ccc(-c2cnc(-c3ccc(NC(=O)[C@@H]4C[C@@H]5C[C@@H]5N4C(=O)[C@H](NC(C)=O)c4ccccc4)cc3)o2)cc1)c1ccccc1. The number of anilines is 2. The zero-order chi connectivity index (χ0) is 42.6. The Hall–Kier alpha value is -7.09. The van der Waals surface area contributed by atoms with E-state index >= 15 is 0 Å². The summed E-state index contributed by atoms with van der Waals surface area (Å²) in [5, 5.41) is 14.2. The number of nitrogens with one attached hydrogen (secondary N) is 5. The van der Waals surface area contributed by atoms with E-state index in [1.165, 1.54) is 13.8 Å². The lowest BCUT2D eigenvalue weighted by molar-refractivity contribution is -0.141. The normalized spacial score (nSPS) is 19.0. The maximum atomic E-state index is 13.9. The highest BCUT2D eigenvalue weighted by molar-refractivity contribution is 6.00. The van der Waals surface area contributed by atoms with Crippen LogP contribution in [0.1, 0.15) is 69.2 Å². The van der Waals surface area contributed by atoms with Crippen LogP contribution in [0.3, 0.4) is 0 Å². The van der Waals surface area contributed by atoms with Gasteiger partial charge >= 0.3 is 0 Å². The Bertz CT molecular complexity index is 2420. The molecule has 5 aromatic rings. The standard InChI is InChI=1S/C47H47N7O7/c1-27(55)49-41(31-9-5-3-6-10-31)45(59)53-37(23-29-13-14-29)43(57)51-35-19-15-30(16-20-35)40-26-48-46(61-40)33-17-21-36(22-18-33)52-44(58)39-25-34-24-38(34)54(39)47(60)42(50-28(2)56)32-11-7-4-8-12-32/h3-12,15-22,26,29,34,37-39,41-42H,13-14,23-25H2,1-2H3,(H,49,55)(H,50,56)(H,51,57)(H,52,58)(H,53,59)/t34-,37-,38-,39-,41+,42+/m0/s1. The molecular formula is C47H47N7O7. The maximum Gasteiger partial charge on any atom is 0.250 e. The number of piperidine rings is 1. The van der Waals surface area contributed by atoms with E-state index in [1.54, 1.807) is 96.0 Å². The molecule has 3 aliphatic rings. The Labute approximate surface area is 352 Å². The van der Waals surface area contributed by atoms with Crippen LogP contribution >= 0.6 is 0 Å². The van der Waals surface area contributed by atoms with Crippen LogP contribution in [-0.4, -0.2) is 63.5 Å². The molecule has 1 aliphatic heterocycles. The Morgan fingerprint density at radius 2 is 1.25 bits per heavy atom. The van der Waals surface area contributed by atoms with Gasteiger partial charge in [0.05, 0.1) is 6.20 Å². The van der Waals surface area contributed by atoms with Gasteiger partial charge in [0.2, 0.25) is 35.4 Å². The first-order valence-corrected chi connectivity index (χ1v) is 20.6. The molecule has 6 atom stereocenters. The summed E-state index contributed by atoms with van der Waals surface area (Å²) in [6.45, 7) is 2.72. The van der Waals surface area contributed by atoms with E-state index in [-0.39, 0.29) is 41.5 Å². The predicted molar refractivity (Wildman–Crippen MR) is 227 cm³/mol. The van der Waals surface area contributed by atoms with Gasteiger partial charge in [-0.3, -0.25) is 28.8 Å². The van der Waals surface area contributed by atoms with E-state index in [0.29, 0.717) is 58.5 Å². The van der Waals surface area contributed by atoms with Gasteiger partial charge in [-0.25, -0.2) is 4.98 Å². The molecule has 4 aromatic carbocycles. The van der Waals surface area contributed by atoms with Gasteiger partial charge in [0.25, 0.3) is 5.91 Å². The van der Waals surface area contributed by atoms with Crippen molar-refractivity contribution in [2.45, 2.75) is 76.2 Å². The fraction of sp³-hybridized carbons (Fsp3) is 0.298. The quantitative estimate of drug-likeness (QED) is 0.0860. The van der Waals surface area contributed by atoms with Crippen molar-refractivity contribution < 1.29 is 33.2 Å². The first kappa shape index (κ1) is 40.7. The molecule has 312 valence electrons. The summed E-state index contributed by atoms with van der Waals surface area (Å²) < 4.78 is 6.10. The summed E-state index contributed by atoms with van der Waals surface area (Å²) in [5.74, 6) is -0.614. The van der Waals surface area contributed by atoms with Crippen LogP contribution < -0.4 is 26.6 Å². The summed E-state index contributed by atoms with van der Waals surface area (Å²) >= 11 is 0. The third-order valence-corrected chi connectivity index (χ3v) is 11.4. The predicted octanol–water partition coefficient (Wildman–Crippen LogP) is 5.91. The van der Waals surface area contributed by atoms with E-state index in [2.05, 4.69) is 31.6 Å². The molecule has 5 N–H and O–H groups in total. The number of rotatable bonds is 15. The number of amides is 6. The summed E-state index contributed by atoms with van der Waals surface area (Å²) in [5.41, 5.74) is 3.78. The summed E-state index contributed by atoms with van der Waals surface area (Å²) in [4.78, 5) is 84.6. The van der Waals surface area contributed by atoms with Gasteiger partial charge in [0, 0.05) is 42.4 Å². The molecule has 14 nitrogen and oxygen atoms in total. The summed E-state index contributed by atoms with van der Waals surface area (Å²) in [7, 11) is 0. The highest BCUT2D eigenvalue weighted by Gasteiger charge is 2.57. The van der Waals surface area contributed by atoms with Gasteiger partial charge in [-0.2, -0.15) is 0 Å². The van der Waals surface area contributed by atoms with Crippen LogP contribution in [0.4, 0.5) is 11.4 Å². The number of fused-ring (bicyclic) bond motifs is 1. The van der Waals surface area contributed by atoms with Gasteiger partial charge in [-0.1, -0.05) is 73.5 Å². The van der Waals surface area contributed by atoms with Crippen LogP contribution in [0.5, 0.6) is 0 Å². The highest BCUT2D eigenvalue weighted by Crippen LogP contribution is 2.49. The molecule has 14 heteroatoms. The van der Waals surface area contributed by atoms with Crippen LogP contribution in [0, 0.1) is 11.8 Å². The second-order valence-corrected chi connectivity index (χ2v) is 16.1. The molecule has 2 aliphatic carbocycles. The van der Waals surface area contributed by atoms with Gasteiger partial charge in [0.1, 0.15) is 24.2 Å². The number of oxazole rings is 1. The molecular weight excluding hydrogens is 775 g/mol. The van der Waals surface area contributed by atoms with Gasteiger partial charge in [-0.05, 0) is 90.8 Å². The zero-order valence-electron chi connectivity index (χ0n) is 33.8. The number of benzene rings is 4. The van der Waals surface area contributed by atoms with Gasteiger partial charge < -0.3 is 35.9 Å². The van der Waals surface area contributed by atoms with E-state index in [9.17, 15) is 28.8 Å². The van der Waals surface area contributed by atoms with Gasteiger partial charge in [-0.15, -0.1) is 0 Å². The van der Waals surface area contributed by atoms with Crippen molar-refractivity contribution in [3.8, 4) is 22.8 Å². The molecule has 0 radical (unpaired) electrons. The largest absolute Gasteiger partial charge is 0.436 e. The molecule has 1 aromatic heterocycles. The Morgan fingerprint density at radius 3 is 1.85 bits per heavy atom. The lowest BCUT2D eigenvalue weighted by Gasteiger charge is -2.31. The second kappa shape index (κ2) is 17.6. The Balaban J connectivity index is 0.880. The third-order valence-electron chi connectivity index (χ3n) is 11.4. The molecule has 0 bridgehead atoms. The lowest BCUT2D eigenvalue weighted by Crippen LogP contribution is -2.50. The Morgan fingerprint density at radius 1 is 0.672 bits per heavy atom. The molecule has 1 saturated heterocycles. The van der Waals surface area contributed by atoms with E-state index < -0.39 is 30.1 Å². The van der Waals surface area contributed by atoms with Crippen molar-refractivity contribution in [2.24, 2.45) is 11.8 Å². The first-order chi connectivity index (χ1) is 29.5. The van der Waals surface area contributed by atoms with Crippen LogP contribution in [0.2, 0.25) is 0 Å². The van der Waals surface area contributed by atoms with Crippen LogP contribution in [-0.2, 0) is 28.8 Å². The van der Waals surface area contributed by atoms with Crippen molar-refractivity contribution in [1.82, 2.24) is 25.8 Å². The molecule has 6 amide bonds. The van der Waals surface area contributed by atoms with Crippen molar-refractivity contribution >= 4 is 46.8 Å². The fourth-order valence-electron chi connectivity index (χ4n) is 8.03. The molecule has 8 rings (SSSR count). The fourth-order valence-corrected chi connectivity index (χ4v) is 8.03.